The molecule has 0 bridgehead atoms. The highest BCUT2D eigenvalue weighted by Crippen LogP contribution is 2.18. The fraction of sp³-hybridized carbons (Fsp3) is 0.200. The van der Waals surface area contributed by atoms with Crippen LogP contribution >= 0.6 is 11.3 Å². The normalized spacial score (nSPS) is 10.4. The maximum absolute atomic E-state index is 5.45. The number of nitrogen functional groups attached to an aromatic ring is 1. The van der Waals surface area contributed by atoms with E-state index in [2.05, 4.69) is 20.4 Å². The van der Waals surface area contributed by atoms with E-state index in [1.165, 1.54) is 16.1 Å². The molecule has 7 heteroatoms. The first kappa shape index (κ1) is 7.17. The number of rotatable bonds is 1. The molecular weight excluding hydrogens is 176 g/mol. The lowest BCUT2D eigenvalue weighted by Crippen LogP contribution is -1.92. The van der Waals surface area contributed by atoms with Crippen LogP contribution in [0.2, 0.25) is 0 Å². The van der Waals surface area contributed by atoms with Gasteiger partial charge in [0.2, 0.25) is 5.82 Å². The van der Waals surface area contributed by atoms with Crippen LogP contribution in [0.1, 0.15) is 0 Å². The average molecular weight is 182 g/mol. The minimum absolute atomic E-state index is 0.505. The van der Waals surface area contributed by atoms with Gasteiger partial charge in [0.05, 0.1) is 7.05 Å². The van der Waals surface area contributed by atoms with E-state index in [-0.39, 0.29) is 0 Å². The summed E-state index contributed by atoms with van der Waals surface area (Å²) >= 11 is 1.36. The lowest BCUT2D eigenvalue weighted by molar-refractivity contribution is 0.630. The van der Waals surface area contributed by atoms with Crippen molar-refractivity contribution in [2.24, 2.45) is 7.05 Å². The Bertz CT molecular complexity index is 352. The summed E-state index contributed by atoms with van der Waals surface area (Å²) in [6, 6.07) is 0. The third kappa shape index (κ3) is 1.14. The molecule has 0 amide bonds. The van der Waals surface area contributed by atoms with Crippen LogP contribution < -0.4 is 5.73 Å². The van der Waals surface area contributed by atoms with E-state index >= 15 is 0 Å². The molecule has 0 aliphatic carbocycles. The molecule has 0 saturated carbocycles. The van der Waals surface area contributed by atoms with Gasteiger partial charge in [-0.3, -0.25) is 0 Å². The summed E-state index contributed by atoms with van der Waals surface area (Å²) in [4.78, 5) is 5.39. The second-order valence-electron chi connectivity index (χ2n) is 2.17. The second kappa shape index (κ2) is 2.52. The molecule has 0 radical (unpaired) electrons. The molecule has 0 atom stereocenters. The first-order valence-corrected chi connectivity index (χ1v) is 4.09. The molecule has 2 aromatic rings. The van der Waals surface area contributed by atoms with Crippen molar-refractivity contribution in [3.05, 3.63) is 5.38 Å². The van der Waals surface area contributed by atoms with E-state index in [1.807, 2.05) is 0 Å². The Kier molecular flexibility index (Phi) is 1.51. The highest BCUT2D eigenvalue weighted by molar-refractivity contribution is 7.13. The van der Waals surface area contributed by atoms with Crippen LogP contribution in [-0.2, 0) is 7.05 Å². The molecule has 2 N–H and O–H groups in total. The first-order chi connectivity index (χ1) is 5.75. The predicted molar refractivity (Wildman–Crippen MR) is 44.3 cm³/mol. The molecule has 0 fully saturated rings. The van der Waals surface area contributed by atoms with Crippen LogP contribution in [0.4, 0.5) is 5.13 Å². The van der Waals surface area contributed by atoms with Crippen molar-refractivity contribution in [1.82, 2.24) is 25.2 Å². The number of tetrazole rings is 1. The van der Waals surface area contributed by atoms with Gasteiger partial charge in [-0.2, -0.15) is 4.80 Å². The topological polar surface area (TPSA) is 82.5 Å². The van der Waals surface area contributed by atoms with E-state index in [0.29, 0.717) is 16.6 Å². The molecule has 0 saturated heterocycles. The molecule has 0 spiro atoms. The van der Waals surface area contributed by atoms with Gasteiger partial charge in [-0.15, -0.1) is 21.5 Å². The van der Waals surface area contributed by atoms with Crippen LogP contribution in [0.5, 0.6) is 0 Å². The van der Waals surface area contributed by atoms with Crippen LogP contribution in [0.15, 0.2) is 5.38 Å². The second-order valence-corrected chi connectivity index (χ2v) is 3.06. The molecule has 2 heterocycles. The van der Waals surface area contributed by atoms with Gasteiger partial charge < -0.3 is 5.73 Å². The fourth-order valence-electron chi connectivity index (χ4n) is 0.777. The van der Waals surface area contributed by atoms with Gasteiger partial charge in [0, 0.05) is 5.38 Å². The van der Waals surface area contributed by atoms with Gasteiger partial charge in [0.15, 0.2) is 5.13 Å². The fourth-order valence-corrected chi connectivity index (χ4v) is 1.32. The van der Waals surface area contributed by atoms with Crippen molar-refractivity contribution in [3.8, 4) is 11.5 Å². The van der Waals surface area contributed by atoms with Gasteiger partial charge in [-0.1, -0.05) is 0 Å². The van der Waals surface area contributed by atoms with Gasteiger partial charge in [-0.25, -0.2) is 4.98 Å². The lowest BCUT2D eigenvalue weighted by atomic mass is 10.5. The molecule has 0 aliphatic rings. The summed E-state index contributed by atoms with van der Waals surface area (Å²) in [5.74, 6) is 0.505. The van der Waals surface area contributed by atoms with Crippen LogP contribution in [0.25, 0.3) is 11.5 Å². The van der Waals surface area contributed by atoms with Crippen molar-refractivity contribution in [3.63, 3.8) is 0 Å². The van der Waals surface area contributed by atoms with Crippen LogP contribution in [0, 0.1) is 0 Å². The SMILES string of the molecule is Cn1nnc(-c2csc(N)n2)n1. The predicted octanol–water partition coefficient (Wildman–Crippen LogP) is -0.0842. The minimum atomic E-state index is 0.505. The van der Waals surface area contributed by atoms with Gasteiger partial charge >= 0.3 is 0 Å². The maximum Gasteiger partial charge on any atom is 0.224 e. The third-order valence-corrected chi connectivity index (χ3v) is 1.93. The Labute approximate surface area is 72.0 Å². The van der Waals surface area contributed by atoms with E-state index in [1.54, 1.807) is 12.4 Å². The van der Waals surface area contributed by atoms with E-state index < -0.39 is 0 Å². The number of aryl methyl sites for hydroxylation is 1. The number of nitrogens with zero attached hydrogens (tertiary/aromatic N) is 5. The van der Waals surface area contributed by atoms with E-state index in [4.69, 9.17) is 5.73 Å². The number of hydrogen-bond acceptors (Lipinski definition) is 6. The summed E-state index contributed by atoms with van der Waals surface area (Å²) in [5, 5.41) is 13.8. The Morgan fingerprint density at radius 1 is 1.58 bits per heavy atom. The van der Waals surface area contributed by atoms with Crippen molar-refractivity contribution in [2.45, 2.75) is 0 Å². The summed E-state index contributed by atoms with van der Waals surface area (Å²) < 4.78 is 0. The molecule has 0 aromatic carbocycles. The Morgan fingerprint density at radius 3 is 2.92 bits per heavy atom. The van der Waals surface area contributed by atoms with E-state index in [0.717, 1.165) is 0 Å². The molecule has 0 aliphatic heterocycles. The smallest absolute Gasteiger partial charge is 0.224 e. The highest BCUT2D eigenvalue weighted by atomic mass is 32.1. The average Bonchev–Trinajstić information content (AvgIpc) is 2.58. The molecular formula is C5H6N6S. The summed E-state index contributed by atoms with van der Waals surface area (Å²) in [7, 11) is 1.70. The zero-order chi connectivity index (χ0) is 8.55. The number of thiazole rings is 1. The van der Waals surface area contributed by atoms with Crippen molar-refractivity contribution < 1.29 is 0 Å². The number of hydrogen-bond donors (Lipinski definition) is 1. The van der Waals surface area contributed by atoms with Crippen LogP contribution in [-0.4, -0.2) is 25.2 Å². The lowest BCUT2D eigenvalue weighted by Gasteiger charge is -1.82. The van der Waals surface area contributed by atoms with Gasteiger partial charge in [-0.05, 0) is 5.21 Å². The molecule has 2 rings (SSSR count). The van der Waals surface area contributed by atoms with Gasteiger partial charge in [0.1, 0.15) is 5.69 Å². The number of anilines is 1. The molecule has 62 valence electrons. The Balaban J connectivity index is 2.43. The van der Waals surface area contributed by atoms with Crippen molar-refractivity contribution in [2.75, 3.05) is 5.73 Å². The Morgan fingerprint density at radius 2 is 2.42 bits per heavy atom. The molecule has 0 unspecified atom stereocenters. The zero-order valence-electron chi connectivity index (χ0n) is 6.30. The third-order valence-electron chi connectivity index (χ3n) is 1.26. The quantitative estimate of drug-likeness (QED) is 0.666. The standard InChI is InChI=1S/C5H6N6S/c1-11-9-4(8-10-11)3-2-12-5(6)7-3/h2H,1H3,(H2,6,7). The Hall–Kier alpha value is -1.50. The molecule has 2 aromatic heterocycles. The van der Waals surface area contributed by atoms with Crippen LogP contribution in [0.3, 0.4) is 0 Å². The zero-order valence-corrected chi connectivity index (χ0v) is 7.12. The summed E-state index contributed by atoms with van der Waals surface area (Å²) in [6.45, 7) is 0. The summed E-state index contributed by atoms with van der Waals surface area (Å²) in [6.07, 6.45) is 0. The van der Waals surface area contributed by atoms with Crippen molar-refractivity contribution >= 4 is 16.5 Å². The summed E-state index contributed by atoms with van der Waals surface area (Å²) in [5.41, 5.74) is 6.12. The maximum atomic E-state index is 5.45. The number of nitrogens with two attached hydrogens (primary N) is 1. The monoisotopic (exact) mass is 182 g/mol. The van der Waals surface area contributed by atoms with Crippen molar-refractivity contribution in [1.29, 1.82) is 0 Å². The molecule has 12 heavy (non-hydrogen) atoms. The molecule has 6 nitrogen and oxygen atoms in total. The highest BCUT2D eigenvalue weighted by Gasteiger charge is 2.07. The largest absolute Gasteiger partial charge is 0.375 e. The van der Waals surface area contributed by atoms with Gasteiger partial charge in [0.25, 0.3) is 0 Å². The first-order valence-electron chi connectivity index (χ1n) is 3.21. The minimum Gasteiger partial charge on any atom is -0.375 e. The number of aromatic nitrogens is 5. The van der Waals surface area contributed by atoms with E-state index in [9.17, 15) is 0 Å².